The Morgan fingerprint density at radius 2 is 2.07 bits per heavy atom. The molecule has 1 atom stereocenters. The molecule has 29 heavy (non-hydrogen) atoms. The van der Waals surface area contributed by atoms with Crippen molar-refractivity contribution in [3.63, 3.8) is 0 Å². The number of aromatic nitrogens is 1. The largest absolute Gasteiger partial charge is 0.361 e. The zero-order chi connectivity index (χ0) is 20.5. The van der Waals surface area contributed by atoms with Crippen LogP contribution in [0.5, 0.6) is 0 Å². The molecule has 5 nitrogen and oxygen atoms in total. The predicted octanol–water partition coefficient (Wildman–Crippen LogP) is 4.47. The Balaban J connectivity index is 1.39. The fourth-order valence-electron chi connectivity index (χ4n) is 3.88. The Morgan fingerprint density at radius 3 is 2.90 bits per heavy atom. The van der Waals surface area contributed by atoms with Gasteiger partial charge in [0, 0.05) is 47.3 Å². The van der Waals surface area contributed by atoms with Crippen LogP contribution in [0, 0.1) is 19.8 Å². The second-order valence-electron chi connectivity index (χ2n) is 7.80. The second kappa shape index (κ2) is 7.91. The molecule has 0 radical (unpaired) electrons. The molecule has 1 aromatic heterocycles. The minimum Gasteiger partial charge on any atom is -0.361 e. The lowest BCUT2D eigenvalue weighted by atomic mass is 10.1. The van der Waals surface area contributed by atoms with Gasteiger partial charge in [-0.15, -0.1) is 0 Å². The topological polar surface area (TPSA) is 65.2 Å². The molecule has 0 aliphatic carbocycles. The van der Waals surface area contributed by atoms with E-state index in [0.29, 0.717) is 23.8 Å². The van der Waals surface area contributed by atoms with Crippen LogP contribution in [0.15, 0.2) is 42.6 Å². The van der Waals surface area contributed by atoms with E-state index >= 15 is 0 Å². The van der Waals surface area contributed by atoms with Gasteiger partial charge < -0.3 is 15.2 Å². The highest BCUT2D eigenvalue weighted by molar-refractivity contribution is 6.31. The van der Waals surface area contributed by atoms with Crippen molar-refractivity contribution in [3.05, 3.63) is 64.3 Å². The maximum absolute atomic E-state index is 12.7. The smallest absolute Gasteiger partial charge is 0.229 e. The van der Waals surface area contributed by atoms with Gasteiger partial charge in [0.1, 0.15) is 0 Å². The summed E-state index contributed by atoms with van der Waals surface area (Å²) >= 11 is 6.03. The second-order valence-corrected chi connectivity index (χ2v) is 8.24. The molecule has 150 valence electrons. The number of nitrogens with zero attached hydrogens (tertiary/aromatic N) is 1. The zero-order valence-electron chi connectivity index (χ0n) is 16.6. The highest BCUT2D eigenvalue weighted by Crippen LogP contribution is 2.25. The third kappa shape index (κ3) is 4.15. The maximum atomic E-state index is 12.7. The van der Waals surface area contributed by atoms with Crippen LogP contribution in [0.25, 0.3) is 10.9 Å². The summed E-state index contributed by atoms with van der Waals surface area (Å²) in [5, 5.41) is 4.70. The van der Waals surface area contributed by atoms with Crippen LogP contribution in [-0.2, 0) is 16.0 Å². The monoisotopic (exact) mass is 409 g/mol. The third-order valence-corrected chi connectivity index (χ3v) is 5.85. The van der Waals surface area contributed by atoms with E-state index in [1.165, 1.54) is 16.5 Å². The number of carbonyl (C=O) groups excluding carboxylic acids is 2. The standard InChI is InChI=1S/C23H24ClN3O2/c1-14-3-6-20-19(9-14)16(12-25-20)7-8-27-13-17(10-22(27)28)23(29)26-21-11-18(24)5-4-15(21)2/h3-6,9,11-12,17,25H,7-8,10,13H2,1-2H3,(H,26,29). The van der Waals surface area contributed by atoms with E-state index in [0.717, 1.165) is 17.5 Å². The molecule has 0 saturated carbocycles. The molecule has 1 saturated heterocycles. The molecule has 4 rings (SSSR count). The van der Waals surface area contributed by atoms with Crippen LogP contribution in [0.3, 0.4) is 0 Å². The van der Waals surface area contributed by atoms with Crippen LogP contribution in [0.4, 0.5) is 5.69 Å². The predicted molar refractivity (Wildman–Crippen MR) is 116 cm³/mol. The van der Waals surface area contributed by atoms with Gasteiger partial charge in [-0.2, -0.15) is 0 Å². The van der Waals surface area contributed by atoms with E-state index in [2.05, 4.69) is 35.4 Å². The van der Waals surface area contributed by atoms with Crippen LogP contribution in [0.1, 0.15) is 23.1 Å². The number of rotatable bonds is 5. The van der Waals surface area contributed by atoms with Crippen molar-refractivity contribution in [2.75, 3.05) is 18.4 Å². The normalized spacial score (nSPS) is 16.6. The number of aryl methyl sites for hydroxylation is 2. The van der Waals surface area contributed by atoms with Gasteiger partial charge in [-0.25, -0.2) is 0 Å². The van der Waals surface area contributed by atoms with Gasteiger partial charge in [0.05, 0.1) is 5.92 Å². The lowest BCUT2D eigenvalue weighted by Gasteiger charge is -2.17. The van der Waals surface area contributed by atoms with Crippen molar-refractivity contribution in [1.29, 1.82) is 0 Å². The molecule has 2 N–H and O–H groups in total. The summed E-state index contributed by atoms with van der Waals surface area (Å²) in [5.41, 5.74) is 5.15. The number of benzene rings is 2. The molecule has 6 heteroatoms. The molecule has 0 spiro atoms. The lowest BCUT2D eigenvalue weighted by molar-refractivity contribution is -0.128. The van der Waals surface area contributed by atoms with Crippen LogP contribution in [-0.4, -0.2) is 34.8 Å². The molecule has 2 heterocycles. The van der Waals surface area contributed by atoms with Gasteiger partial charge >= 0.3 is 0 Å². The van der Waals surface area contributed by atoms with Gasteiger partial charge in [-0.3, -0.25) is 9.59 Å². The van der Waals surface area contributed by atoms with Gasteiger partial charge in [-0.05, 0) is 55.7 Å². The quantitative estimate of drug-likeness (QED) is 0.653. The molecule has 0 bridgehead atoms. The summed E-state index contributed by atoms with van der Waals surface area (Å²) in [4.78, 5) is 30.2. The van der Waals surface area contributed by atoms with E-state index in [-0.39, 0.29) is 24.2 Å². The fraction of sp³-hybridized carbons (Fsp3) is 0.304. The first-order valence-electron chi connectivity index (χ1n) is 9.82. The minimum absolute atomic E-state index is 0.0315. The zero-order valence-corrected chi connectivity index (χ0v) is 17.3. The number of H-pyrrole nitrogens is 1. The third-order valence-electron chi connectivity index (χ3n) is 5.62. The highest BCUT2D eigenvalue weighted by atomic mass is 35.5. The molecular weight excluding hydrogens is 386 g/mol. The van der Waals surface area contributed by atoms with E-state index in [4.69, 9.17) is 11.6 Å². The Morgan fingerprint density at radius 1 is 1.24 bits per heavy atom. The van der Waals surface area contributed by atoms with Crippen molar-refractivity contribution in [2.45, 2.75) is 26.7 Å². The number of aromatic amines is 1. The molecule has 1 unspecified atom stereocenters. The Bertz CT molecular complexity index is 1090. The summed E-state index contributed by atoms with van der Waals surface area (Å²) < 4.78 is 0. The first-order chi connectivity index (χ1) is 13.9. The first-order valence-corrected chi connectivity index (χ1v) is 10.2. The van der Waals surface area contributed by atoms with E-state index in [1.807, 2.05) is 19.2 Å². The number of amides is 2. The van der Waals surface area contributed by atoms with Gasteiger partial charge in [-0.1, -0.05) is 29.3 Å². The van der Waals surface area contributed by atoms with Crippen molar-refractivity contribution >= 4 is 40.0 Å². The molecule has 1 fully saturated rings. The lowest BCUT2D eigenvalue weighted by Crippen LogP contribution is -2.30. The van der Waals surface area contributed by atoms with Crippen molar-refractivity contribution in [3.8, 4) is 0 Å². The molecule has 2 amide bonds. The first kappa shape index (κ1) is 19.5. The number of likely N-dealkylation sites (tertiary alicyclic amines) is 1. The van der Waals surface area contributed by atoms with Gasteiger partial charge in [0.15, 0.2) is 0 Å². The van der Waals surface area contributed by atoms with Crippen molar-refractivity contribution in [2.24, 2.45) is 5.92 Å². The Kier molecular flexibility index (Phi) is 5.33. The number of fused-ring (bicyclic) bond motifs is 1. The number of carbonyl (C=O) groups is 2. The highest BCUT2D eigenvalue weighted by Gasteiger charge is 2.34. The van der Waals surface area contributed by atoms with E-state index in [9.17, 15) is 9.59 Å². The SMILES string of the molecule is Cc1ccc2[nH]cc(CCN3CC(C(=O)Nc4cc(Cl)ccc4C)CC3=O)c2c1. The van der Waals surface area contributed by atoms with Gasteiger partial charge in [0.2, 0.25) is 11.8 Å². The molecule has 2 aromatic carbocycles. The number of nitrogens with one attached hydrogen (secondary N) is 2. The summed E-state index contributed by atoms with van der Waals surface area (Å²) in [5.74, 6) is -0.441. The average molecular weight is 410 g/mol. The number of hydrogen-bond donors (Lipinski definition) is 2. The summed E-state index contributed by atoms with van der Waals surface area (Å²) in [7, 11) is 0. The maximum Gasteiger partial charge on any atom is 0.229 e. The Hall–Kier alpha value is -2.79. The van der Waals surface area contributed by atoms with Crippen molar-refractivity contribution in [1.82, 2.24) is 9.88 Å². The molecule has 1 aliphatic heterocycles. The summed E-state index contributed by atoms with van der Waals surface area (Å²) in [6, 6.07) is 11.7. The molecular formula is C23H24ClN3O2. The fourth-order valence-corrected chi connectivity index (χ4v) is 4.05. The number of hydrogen-bond acceptors (Lipinski definition) is 2. The Labute approximate surface area is 175 Å². The summed E-state index contributed by atoms with van der Waals surface area (Å²) in [6.07, 6.45) is 3.02. The van der Waals surface area contributed by atoms with Gasteiger partial charge in [0.25, 0.3) is 0 Å². The van der Waals surface area contributed by atoms with E-state index in [1.54, 1.807) is 17.0 Å². The van der Waals surface area contributed by atoms with Crippen LogP contribution >= 0.6 is 11.6 Å². The van der Waals surface area contributed by atoms with E-state index < -0.39 is 0 Å². The number of halogens is 1. The molecule has 1 aliphatic rings. The van der Waals surface area contributed by atoms with Crippen LogP contribution in [0.2, 0.25) is 5.02 Å². The summed E-state index contributed by atoms with van der Waals surface area (Å²) in [6.45, 7) is 5.05. The molecule has 3 aromatic rings. The van der Waals surface area contributed by atoms with Crippen LogP contribution < -0.4 is 5.32 Å². The van der Waals surface area contributed by atoms with Crippen molar-refractivity contribution < 1.29 is 9.59 Å². The average Bonchev–Trinajstić information content (AvgIpc) is 3.26. The number of anilines is 1. The minimum atomic E-state index is -0.342.